The number of esters is 1. The topological polar surface area (TPSA) is 43.2 Å². The standard InChI is InChI=1S/C20H24N2O3S/c1-21(2)10-11-25-20(23)19-16-6-4-5-7-17(16)22-14-15(8-9-18(19)22)26-13-12-24-3/h4-9,14H,10-13H2,1-3H3. The Kier molecular flexibility index (Phi) is 6.19. The van der Waals surface area contributed by atoms with Crippen LogP contribution in [-0.2, 0) is 9.47 Å². The Hall–Kier alpha value is -2.02. The van der Waals surface area contributed by atoms with Gasteiger partial charge in [-0.25, -0.2) is 4.79 Å². The Morgan fingerprint density at radius 3 is 2.69 bits per heavy atom. The smallest absolute Gasteiger partial charge is 0.341 e. The molecule has 0 saturated carbocycles. The largest absolute Gasteiger partial charge is 0.461 e. The molecule has 26 heavy (non-hydrogen) atoms. The molecule has 6 heteroatoms. The predicted octanol–water partition coefficient (Wildman–Crippen LogP) is 3.55. The number of methoxy groups -OCH3 is 1. The molecule has 138 valence electrons. The SMILES string of the molecule is COCCSc1ccc2c(C(=O)OCCN(C)C)c3ccccc3n2c1. The minimum atomic E-state index is -0.273. The van der Waals surface area contributed by atoms with Gasteiger partial charge in [0.05, 0.1) is 23.2 Å². The van der Waals surface area contributed by atoms with Crippen LogP contribution in [0.1, 0.15) is 10.4 Å². The molecule has 5 nitrogen and oxygen atoms in total. The third-order valence-corrected chi connectivity index (χ3v) is 5.09. The Bertz CT molecular complexity index is 905. The number of thioether (sulfide) groups is 1. The summed E-state index contributed by atoms with van der Waals surface area (Å²) in [6, 6.07) is 12.0. The molecular formula is C20H24N2O3S. The highest BCUT2D eigenvalue weighted by molar-refractivity contribution is 7.99. The van der Waals surface area contributed by atoms with Crippen LogP contribution in [0.3, 0.4) is 0 Å². The van der Waals surface area contributed by atoms with E-state index in [1.54, 1.807) is 18.9 Å². The van der Waals surface area contributed by atoms with Crippen molar-refractivity contribution >= 4 is 34.2 Å². The van der Waals surface area contributed by atoms with Crippen molar-refractivity contribution in [1.82, 2.24) is 9.30 Å². The van der Waals surface area contributed by atoms with Crippen molar-refractivity contribution in [2.75, 3.05) is 46.7 Å². The van der Waals surface area contributed by atoms with Crippen molar-refractivity contribution in [3.8, 4) is 0 Å². The third-order valence-electron chi connectivity index (χ3n) is 4.14. The molecule has 0 aliphatic heterocycles. The fourth-order valence-corrected chi connectivity index (χ4v) is 3.68. The fourth-order valence-electron chi connectivity index (χ4n) is 2.85. The highest BCUT2D eigenvalue weighted by Crippen LogP contribution is 2.30. The number of likely N-dealkylation sites (N-methyl/N-ethyl adjacent to an activating group) is 1. The van der Waals surface area contributed by atoms with Crippen LogP contribution in [0, 0.1) is 0 Å². The maximum absolute atomic E-state index is 12.7. The van der Waals surface area contributed by atoms with E-state index in [2.05, 4.69) is 10.6 Å². The number of pyridine rings is 1. The highest BCUT2D eigenvalue weighted by Gasteiger charge is 2.19. The highest BCUT2D eigenvalue weighted by atomic mass is 32.2. The van der Waals surface area contributed by atoms with E-state index in [1.807, 2.05) is 55.4 Å². The first-order valence-electron chi connectivity index (χ1n) is 8.58. The lowest BCUT2D eigenvalue weighted by molar-refractivity contribution is 0.0486. The Balaban J connectivity index is 1.97. The number of aromatic nitrogens is 1. The zero-order valence-electron chi connectivity index (χ0n) is 15.4. The molecule has 1 aromatic carbocycles. The fraction of sp³-hybridized carbons (Fsp3) is 0.350. The second kappa shape index (κ2) is 8.58. The summed E-state index contributed by atoms with van der Waals surface area (Å²) in [5.41, 5.74) is 2.51. The minimum Gasteiger partial charge on any atom is -0.461 e. The molecule has 0 saturated heterocycles. The number of fused-ring (bicyclic) bond motifs is 3. The van der Waals surface area contributed by atoms with E-state index >= 15 is 0 Å². The number of ether oxygens (including phenoxy) is 2. The van der Waals surface area contributed by atoms with Gasteiger partial charge in [-0.2, -0.15) is 0 Å². The van der Waals surface area contributed by atoms with Crippen LogP contribution in [0.25, 0.3) is 16.4 Å². The van der Waals surface area contributed by atoms with Crippen LogP contribution < -0.4 is 0 Å². The van der Waals surface area contributed by atoms with E-state index < -0.39 is 0 Å². The van der Waals surface area contributed by atoms with Crippen molar-refractivity contribution in [3.05, 3.63) is 48.2 Å². The van der Waals surface area contributed by atoms with Crippen molar-refractivity contribution in [3.63, 3.8) is 0 Å². The van der Waals surface area contributed by atoms with Gasteiger partial charge in [0.2, 0.25) is 0 Å². The first-order valence-corrected chi connectivity index (χ1v) is 9.57. The van der Waals surface area contributed by atoms with Crippen LogP contribution in [-0.4, -0.2) is 62.0 Å². The molecule has 0 atom stereocenters. The summed E-state index contributed by atoms with van der Waals surface area (Å²) in [4.78, 5) is 15.9. The number of carbonyl (C=O) groups excluding carboxylic acids is 1. The van der Waals surface area contributed by atoms with Gasteiger partial charge in [0.1, 0.15) is 6.61 Å². The number of para-hydroxylation sites is 1. The minimum absolute atomic E-state index is 0.273. The molecule has 0 fully saturated rings. The van der Waals surface area contributed by atoms with Gasteiger partial charge in [0, 0.05) is 35.9 Å². The molecule has 0 unspecified atom stereocenters. The van der Waals surface area contributed by atoms with Crippen LogP contribution >= 0.6 is 11.8 Å². The molecule has 0 spiro atoms. The Labute approximate surface area is 157 Å². The average molecular weight is 372 g/mol. The first-order chi connectivity index (χ1) is 12.6. The van der Waals surface area contributed by atoms with Crippen molar-refractivity contribution in [2.45, 2.75) is 4.90 Å². The van der Waals surface area contributed by atoms with Crippen molar-refractivity contribution in [1.29, 1.82) is 0 Å². The van der Waals surface area contributed by atoms with Crippen LogP contribution in [0.15, 0.2) is 47.5 Å². The number of rotatable bonds is 8. The average Bonchev–Trinajstić information content (AvgIpc) is 2.95. The maximum Gasteiger partial charge on any atom is 0.341 e. The van der Waals surface area contributed by atoms with E-state index in [4.69, 9.17) is 9.47 Å². The van der Waals surface area contributed by atoms with Gasteiger partial charge in [0.15, 0.2) is 0 Å². The maximum atomic E-state index is 12.7. The predicted molar refractivity (Wildman–Crippen MR) is 106 cm³/mol. The van der Waals surface area contributed by atoms with Gasteiger partial charge in [-0.15, -0.1) is 11.8 Å². The molecular weight excluding hydrogens is 348 g/mol. The van der Waals surface area contributed by atoms with Gasteiger partial charge < -0.3 is 18.8 Å². The molecule has 0 radical (unpaired) electrons. The number of hydrogen-bond acceptors (Lipinski definition) is 5. The van der Waals surface area contributed by atoms with Crippen molar-refractivity contribution in [2.24, 2.45) is 0 Å². The molecule has 3 aromatic rings. The summed E-state index contributed by atoms with van der Waals surface area (Å²) in [5, 5.41) is 0.918. The van der Waals surface area contributed by atoms with E-state index in [0.717, 1.165) is 27.1 Å². The lowest BCUT2D eigenvalue weighted by Gasteiger charge is -2.10. The van der Waals surface area contributed by atoms with Crippen molar-refractivity contribution < 1.29 is 14.3 Å². The Morgan fingerprint density at radius 2 is 1.92 bits per heavy atom. The quantitative estimate of drug-likeness (QED) is 0.344. The van der Waals surface area contributed by atoms with Gasteiger partial charge in [-0.1, -0.05) is 18.2 Å². The molecule has 0 bridgehead atoms. The second-order valence-corrected chi connectivity index (χ2v) is 7.46. The number of hydrogen-bond donors (Lipinski definition) is 0. The molecule has 0 aliphatic carbocycles. The monoisotopic (exact) mass is 372 g/mol. The summed E-state index contributed by atoms with van der Waals surface area (Å²) < 4.78 is 12.7. The Morgan fingerprint density at radius 1 is 1.12 bits per heavy atom. The van der Waals surface area contributed by atoms with Crippen LogP contribution in [0.2, 0.25) is 0 Å². The summed E-state index contributed by atoms with van der Waals surface area (Å²) >= 11 is 1.74. The number of nitrogens with zero attached hydrogens (tertiary/aromatic N) is 2. The summed E-state index contributed by atoms with van der Waals surface area (Å²) in [7, 11) is 5.62. The first kappa shape index (κ1) is 18.8. The van der Waals surface area contributed by atoms with Crippen LogP contribution in [0.4, 0.5) is 0 Å². The van der Waals surface area contributed by atoms with E-state index in [1.165, 1.54) is 0 Å². The van der Waals surface area contributed by atoms with Crippen LogP contribution in [0.5, 0.6) is 0 Å². The summed E-state index contributed by atoms with van der Waals surface area (Å²) in [6.45, 7) is 1.79. The second-order valence-electron chi connectivity index (χ2n) is 6.29. The third kappa shape index (κ3) is 4.03. The van der Waals surface area contributed by atoms with Gasteiger partial charge >= 0.3 is 5.97 Å². The number of carbonyl (C=O) groups is 1. The molecule has 0 aliphatic rings. The molecule has 2 heterocycles. The van der Waals surface area contributed by atoms with E-state index in [0.29, 0.717) is 25.3 Å². The van der Waals surface area contributed by atoms with Gasteiger partial charge in [0.25, 0.3) is 0 Å². The van der Waals surface area contributed by atoms with E-state index in [9.17, 15) is 4.79 Å². The molecule has 0 N–H and O–H groups in total. The summed E-state index contributed by atoms with van der Waals surface area (Å²) in [6.07, 6.45) is 2.08. The van der Waals surface area contributed by atoms with Gasteiger partial charge in [-0.05, 0) is 32.3 Å². The van der Waals surface area contributed by atoms with Gasteiger partial charge in [-0.3, -0.25) is 0 Å². The van der Waals surface area contributed by atoms with E-state index in [-0.39, 0.29) is 5.97 Å². The lowest BCUT2D eigenvalue weighted by atomic mass is 10.1. The molecule has 3 rings (SSSR count). The molecule has 0 amide bonds. The normalized spacial score (nSPS) is 11.5. The zero-order valence-corrected chi connectivity index (χ0v) is 16.2. The lowest BCUT2D eigenvalue weighted by Crippen LogP contribution is -2.20. The summed E-state index contributed by atoms with van der Waals surface area (Å²) in [5.74, 6) is 0.617. The number of benzene rings is 1. The zero-order chi connectivity index (χ0) is 18.5. The molecule has 2 aromatic heterocycles.